The van der Waals surface area contributed by atoms with Gasteiger partial charge in [0.05, 0.1) is 0 Å². The summed E-state index contributed by atoms with van der Waals surface area (Å²) in [5, 5.41) is 0. The molecule has 0 radical (unpaired) electrons. The molecule has 22 heavy (non-hydrogen) atoms. The third kappa shape index (κ3) is 2.52. The van der Waals surface area contributed by atoms with Crippen LogP contribution in [0.25, 0.3) is 0 Å². The zero-order chi connectivity index (χ0) is 15.4. The Kier molecular flexibility index (Phi) is 4.47. The van der Waals surface area contributed by atoms with Gasteiger partial charge in [-0.05, 0) is 30.7 Å². The summed E-state index contributed by atoms with van der Waals surface area (Å²) in [6.07, 6.45) is 1.07. The Labute approximate surface area is 133 Å². The summed E-state index contributed by atoms with van der Waals surface area (Å²) in [4.78, 5) is 0. The maximum atomic E-state index is 6.03. The molecule has 0 aromatic heterocycles. The van der Waals surface area contributed by atoms with E-state index in [-0.39, 0.29) is 0 Å². The fourth-order valence-corrected chi connectivity index (χ4v) is 6.31. The van der Waals surface area contributed by atoms with Crippen molar-refractivity contribution < 1.29 is 8.85 Å². The van der Waals surface area contributed by atoms with Gasteiger partial charge >= 0.3 is 8.88 Å². The van der Waals surface area contributed by atoms with E-state index < -0.39 is 8.88 Å². The number of rotatable bonds is 4. The van der Waals surface area contributed by atoms with Gasteiger partial charge < -0.3 is 18.0 Å². The van der Waals surface area contributed by atoms with Gasteiger partial charge in [0.15, 0.2) is 0 Å². The summed E-state index contributed by atoms with van der Waals surface area (Å²) < 4.78 is 16.7. The number of hydrogen-bond acceptors (Lipinski definition) is 4. The Morgan fingerprint density at radius 2 is 1.14 bits per heavy atom. The lowest BCUT2D eigenvalue weighted by Crippen LogP contribution is -2.73. The van der Waals surface area contributed by atoms with Gasteiger partial charge in [0.1, 0.15) is 0 Å². The van der Waals surface area contributed by atoms with Crippen LogP contribution >= 0.6 is 0 Å². The van der Waals surface area contributed by atoms with Crippen molar-refractivity contribution in [3.05, 3.63) is 60.7 Å². The van der Waals surface area contributed by atoms with Crippen molar-refractivity contribution in [3.8, 4) is 0 Å². The average Bonchev–Trinajstić information content (AvgIpc) is 2.62. The second kappa shape index (κ2) is 6.52. The van der Waals surface area contributed by atoms with Crippen LogP contribution in [-0.2, 0) is 8.85 Å². The molecule has 0 N–H and O–H groups in total. The van der Waals surface area contributed by atoms with Gasteiger partial charge in [0.25, 0.3) is 0 Å². The van der Waals surface area contributed by atoms with Crippen molar-refractivity contribution in [1.29, 1.82) is 0 Å². The summed E-state index contributed by atoms with van der Waals surface area (Å²) >= 11 is 0. The molecule has 0 amide bonds. The van der Waals surface area contributed by atoms with Crippen LogP contribution in [0.15, 0.2) is 60.7 Å². The van der Waals surface area contributed by atoms with E-state index in [0.717, 1.165) is 30.9 Å². The molecule has 1 heterocycles. The number of nitrogens with zero attached hydrogens (tertiary/aromatic N) is 2. The average molecular weight is 314 g/mol. The number of para-hydroxylation sites is 2. The molecule has 1 aliphatic rings. The summed E-state index contributed by atoms with van der Waals surface area (Å²) in [5.41, 5.74) is 2.30. The summed E-state index contributed by atoms with van der Waals surface area (Å²) in [7, 11) is 0.809. The largest absolute Gasteiger partial charge is 0.588 e. The lowest BCUT2D eigenvalue weighted by Gasteiger charge is -2.49. The lowest BCUT2D eigenvalue weighted by atomic mass is 10.3. The molecule has 0 aliphatic carbocycles. The Morgan fingerprint density at radius 3 is 1.50 bits per heavy atom. The molecule has 0 bridgehead atoms. The minimum Gasteiger partial charge on any atom is -0.365 e. The van der Waals surface area contributed by atoms with E-state index >= 15 is 0 Å². The van der Waals surface area contributed by atoms with E-state index in [1.807, 2.05) is 12.1 Å². The molecule has 5 heteroatoms. The maximum absolute atomic E-state index is 6.03. The quantitative estimate of drug-likeness (QED) is 0.810. The Morgan fingerprint density at radius 1 is 0.727 bits per heavy atom. The highest BCUT2D eigenvalue weighted by molar-refractivity contribution is 6.75. The van der Waals surface area contributed by atoms with Gasteiger partial charge in [-0.25, -0.2) is 0 Å². The molecule has 116 valence electrons. The molecule has 1 fully saturated rings. The fourth-order valence-electron chi connectivity index (χ4n) is 3.14. The molecular formula is C17H22N2O2Si. The molecule has 4 nitrogen and oxygen atoms in total. The minimum atomic E-state index is -2.70. The fraction of sp³-hybridized carbons (Fsp3) is 0.294. The molecule has 1 aliphatic heterocycles. The lowest BCUT2D eigenvalue weighted by molar-refractivity contribution is 0.229. The first-order valence-corrected chi connectivity index (χ1v) is 9.28. The molecule has 1 saturated heterocycles. The molecule has 0 unspecified atom stereocenters. The predicted molar refractivity (Wildman–Crippen MR) is 92.0 cm³/mol. The van der Waals surface area contributed by atoms with Crippen LogP contribution in [0.3, 0.4) is 0 Å². The Bertz CT molecular complexity index is 541. The molecule has 2 aromatic carbocycles. The highest BCUT2D eigenvalue weighted by atomic mass is 28.4. The Balaban J connectivity index is 2.04. The van der Waals surface area contributed by atoms with Crippen molar-refractivity contribution in [2.24, 2.45) is 0 Å². The first-order chi connectivity index (χ1) is 10.8. The van der Waals surface area contributed by atoms with Crippen LogP contribution < -0.4 is 9.13 Å². The van der Waals surface area contributed by atoms with Crippen molar-refractivity contribution in [3.63, 3.8) is 0 Å². The van der Waals surface area contributed by atoms with E-state index in [4.69, 9.17) is 8.85 Å². The van der Waals surface area contributed by atoms with Gasteiger partial charge in [0.2, 0.25) is 0 Å². The van der Waals surface area contributed by atoms with Crippen molar-refractivity contribution >= 4 is 20.3 Å². The van der Waals surface area contributed by atoms with E-state index in [0.29, 0.717) is 0 Å². The van der Waals surface area contributed by atoms with Crippen LogP contribution in [0.5, 0.6) is 0 Å². The van der Waals surface area contributed by atoms with E-state index in [9.17, 15) is 0 Å². The van der Waals surface area contributed by atoms with Gasteiger partial charge in [-0.2, -0.15) is 0 Å². The van der Waals surface area contributed by atoms with Crippen LogP contribution in [0.2, 0.25) is 0 Å². The van der Waals surface area contributed by atoms with E-state index in [1.165, 1.54) is 0 Å². The summed E-state index contributed by atoms with van der Waals surface area (Å²) in [5.74, 6) is 0. The van der Waals surface area contributed by atoms with Crippen molar-refractivity contribution in [1.82, 2.24) is 0 Å². The molecular weight excluding hydrogens is 292 g/mol. The second-order valence-electron chi connectivity index (χ2n) is 5.28. The zero-order valence-corrected chi connectivity index (χ0v) is 14.1. The number of hydrogen-bond donors (Lipinski definition) is 0. The smallest absolute Gasteiger partial charge is 0.365 e. The normalized spacial score (nSPS) is 17.5. The monoisotopic (exact) mass is 314 g/mol. The van der Waals surface area contributed by atoms with Crippen LogP contribution in [-0.4, -0.2) is 36.2 Å². The zero-order valence-electron chi connectivity index (χ0n) is 13.1. The van der Waals surface area contributed by atoms with Crippen molar-refractivity contribution in [2.75, 3.05) is 36.4 Å². The van der Waals surface area contributed by atoms with Crippen LogP contribution in [0.1, 0.15) is 6.42 Å². The van der Waals surface area contributed by atoms with Crippen LogP contribution in [0, 0.1) is 0 Å². The minimum absolute atomic E-state index is 0.946. The second-order valence-corrected chi connectivity index (χ2v) is 8.28. The van der Waals surface area contributed by atoms with E-state index in [2.05, 4.69) is 57.7 Å². The molecule has 2 aromatic rings. The molecule has 0 saturated carbocycles. The third-order valence-electron chi connectivity index (χ3n) is 4.11. The van der Waals surface area contributed by atoms with Gasteiger partial charge in [-0.15, -0.1) is 0 Å². The molecule has 3 rings (SSSR count). The topological polar surface area (TPSA) is 24.9 Å². The van der Waals surface area contributed by atoms with Gasteiger partial charge in [-0.1, -0.05) is 36.4 Å². The number of anilines is 2. The summed E-state index contributed by atoms with van der Waals surface area (Å²) in [6, 6.07) is 20.8. The van der Waals surface area contributed by atoms with E-state index in [1.54, 1.807) is 14.2 Å². The SMILES string of the molecule is CO[Si]1(OC)N(c2ccccc2)CCCN1c1ccccc1. The molecule has 0 atom stereocenters. The van der Waals surface area contributed by atoms with Gasteiger partial charge in [0, 0.05) is 38.7 Å². The van der Waals surface area contributed by atoms with Crippen LogP contribution in [0.4, 0.5) is 11.4 Å². The predicted octanol–water partition coefficient (Wildman–Crippen LogP) is 3.13. The van der Waals surface area contributed by atoms with Crippen molar-refractivity contribution in [2.45, 2.75) is 6.42 Å². The first-order valence-electron chi connectivity index (χ1n) is 7.57. The maximum Gasteiger partial charge on any atom is 0.588 e. The number of benzene rings is 2. The first kappa shape index (κ1) is 15.1. The Hall–Kier alpha value is -1.82. The molecule has 0 spiro atoms. The van der Waals surface area contributed by atoms with Gasteiger partial charge in [-0.3, -0.25) is 0 Å². The highest BCUT2D eigenvalue weighted by Gasteiger charge is 2.54. The standard InChI is InChI=1S/C17H22N2O2Si/c1-20-22(21-2)18(16-10-5-3-6-11-16)14-9-15-19(22)17-12-7-4-8-13-17/h3-8,10-13H,9,14-15H2,1-2H3. The highest BCUT2D eigenvalue weighted by Crippen LogP contribution is 2.32. The third-order valence-corrected chi connectivity index (χ3v) is 7.50. The summed E-state index contributed by atoms with van der Waals surface area (Å²) in [6.45, 7) is 1.89.